The van der Waals surface area contributed by atoms with Crippen molar-refractivity contribution < 1.29 is 9.18 Å². The average molecular weight is 262 g/mol. The zero-order valence-corrected chi connectivity index (χ0v) is 10.9. The molecule has 0 aliphatic heterocycles. The fourth-order valence-corrected chi connectivity index (χ4v) is 1.73. The van der Waals surface area contributed by atoms with Crippen LogP contribution >= 0.6 is 0 Å². The number of hydrogen-bond donors (Lipinski definition) is 1. The summed E-state index contributed by atoms with van der Waals surface area (Å²) in [6, 6.07) is 4.46. The minimum absolute atomic E-state index is 0.0676. The van der Waals surface area contributed by atoms with Crippen molar-refractivity contribution in [3.63, 3.8) is 0 Å². The summed E-state index contributed by atoms with van der Waals surface area (Å²) < 4.78 is 15.3. The zero-order valence-electron chi connectivity index (χ0n) is 10.9. The number of halogens is 1. The highest BCUT2D eigenvalue weighted by molar-refractivity contribution is 5.94. The van der Waals surface area contributed by atoms with Crippen molar-refractivity contribution >= 4 is 5.91 Å². The highest BCUT2D eigenvalue weighted by Crippen LogP contribution is 2.09. The molecule has 1 aromatic carbocycles. The quantitative estimate of drug-likeness (QED) is 0.901. The van der Waals surface area contributed by atoms with Gasteiger partial charge in [-0.1, -0.05) is 11.6 Å². The highest BCUT2D eigenvalue weighted by atomic mass is 19.1. The Bertz CT molecular complexity index is 594. The first kappa shape index (κ1) is 13.2. The smallest absolute Gasteiger partial charge is 0.254 e. The van der Waals surface area contributed by atoms with Crippen LogP contribution in [0.4, 0.5) is 4.39 Å². The molecule has 1 N–H and O–H groups in total. The van der Waals surface area contributed by atoms with Crippen LogP contribution in [0.15, 0.2) is 24.5 Å². The molecule has 5 nitrogen and oxygen atoms in total. The first-order chi connectivity index (χ1) is 9.08. The number of carbonyl (C=O) groups excluding carboxylic acids is 1. The van der Waals surface area contributed by atoms with E-state index in [-0.39, 0.29) is 5.56 Å². The number of nitrogens with one attached hydrogen (secondary N) is 1. The van der Waals surface area contributed by atoms with E-state index in [1.165, 1.54) is 12.1 Å². The Balaban J connectivity index is 1.94. The molecule has 2 aromatic rings. The van der Waals surface area contributed by atoms with Crippen LogP contribution < -0.4 is 5.32 Å². The number of aromatic nitrogens is 3. The molecule has 0 unspecified atom stereocenters. The number of benzene rings is 1. The van der Waals surface area contributed by atoms with Crippen LogP contribution in [0.25, 0.3) is 0 Å². The Hall–Kier alpha value is -2.24. The molecular formula is C13H15FN4O. The van der Waals surface area contributed by atoms with Crippen LogP contribution in [0, 0.1) is 12.7 Å². The summed E-state index contributed by atoms with van der Waals surface area (Å²) in [6.45, 7) is 2.20. The summed E-state index contributed by atoms with van der Waals surface area (Å²) in [4.78, 5) is 11.8. The molecule has 0 radical (unpaired) electrons. The van der Waals surface area contributed by atoms with Gasteiger partial charge in [0.1, 0.15) is 18.0 Å². The molecule has 2 rings (SSSR count). The fourth-order valence-electron chi connectivity index (χ4n) is 1.73. The van der Waals surface area contributed by atoms with Crippen molar-refractivity contribution in [1.82, 2.24) is 20.1 Å². The van der Waals surface area contributed by atoms with Gasteiger partial charge in [-0.05, 0) is 19.1 Å². The third-order valence-corrected chi connectivity index (χ3v) is 2.81. The van der Waals surface area contributed by atoms with E-state index in [1.807, 2.05) is 14.0 Å². The Morgan fingerprint density at radius 3 is 2.95 bits per heavy atom. The van der Waals surface area contributed by atoms with E-state index in [1.54, 1.807) is 17.0 Å². The summed E-state index contributed by atoms with van der Waals surface area (Å²) in [5, 5.41) is 10.3. The van der Waals surface area contributed by atoms with E-state index in [0.29, 0.717) is 13.0 Å². The van der Waals surface area contributed by atoms with E-state index >= 15 is 0 Å². The van der Waals surface area contributed by atoms with Gasteiger partial charge in [-0.25, -0.2) is 4.39 Å². The molecule has 0 saturated heterocycles. The van der Waals surface area contributed by atoms with E-state index < -0.39 is 11.7 Å². The maximum atomic E-state index is 13.5. The molecule has 0 bridgehead atoms. The first-order valence-electron chi connectivity index (χ1n) is 5.95. The summed E-state index contributed by atoms with van der Waals surface area (Å²) >= 11 is 0. The second-order valence-corrected chi connectivity index (χ2v) is 4.35. The van der Waals surface area contributed by atoms with Crippen molar-refractivity contribution in [3.8, 4) is 0 Å². The van der Waals surface area contributed by atoms with Gasteiger partial charge in [0.15, 0.2) is 0 Å². The molecule has 0 saturated carbocycles. The molecule has 1 heterocycles. The van der Waals surface area contributed by atoms with Crippen LogP contribution in [0.1, 0.15) is 21.7 Å². The van der Waals surface area contributed by atoms with Crippen molar-refractivity contribution in [2.45, 2.75) is 13.3 Å². The van der Waals surface area contributed by atoms with Gasteiger partial charge in [-0.15, -0.1) is 10.2 Å². The predicted octanol–water partition coefficient (Wildman–Crippen LogP) is 1.24. The lowest BCUT2D eigenvalue weighted by Crippen LogP contribution is -2.27. The number of nitrogens with zero attached hydrogens (tertiary/aromatic N) is 3. The Morgan fingerprint density at radius 1 is 1.47 bits per heavy atom. The summed E-state index contributed by atoms with van der Waals surface area (Å²) in [6.07, 6.45) is 2.15. The van der Waals surface area contributed by atoms with Gasteiger partial charge in [0.25, 0.3) is 5.91 Å². The Labute approximate surface area is 110 Å². The summed E-state index contributed by atoms with van der Waals surface area (Å²) in [7, 11) is 1.83. The Morgan fingerprint density at radius 2 is 2.26 bits per heavy atom. The van der Waals surface area contributed by atoms with Crippen molar-refractivity contribution in [2.75, 3.05) is 6.54 Å². The third kappa shape index (κ3) is 3.15. The van der Waals surface area contributed by atoms with Crippen molar-refractivity contribution in [2.24, 2.45) is 7.05 Å². The van der Waals surface area contributed by atoms with Gasteiger partial charge in [-0.3, -0.25) is 4.79 Å². The van der Waals surface area contributed by atoms with Gasteiger partial charge < -0.3 is 9.88 Å². The predicted molar refractivity (Wildman–Crippen MR) is 68.2 cm³/mol. The number of aryl methyl sites for hydroxylation is 2. The normalized spacial score (nSPS) is 10.5. The van der Waals surface area contributed by atoms with Crippen molar-refractivity contribution in [1.29, 1.82) is 0 Å². The first-order valence-corrected chi connectivity index (χ1v) is 5.95. The van der Waals surface area contributed by atoms with E-state index in [0.717, 1.165) is 11.4 Å². The molecule has 100 valence electrons. The lowest BCUT2D eigenvalue weighted by Gasteiger charge is -2.06. The molecule has 0 aliphatic rings. The molecule has 6 heteroatoms. The van der Waals surface area contributed by atoms with Crippen LogP contribution in [0.5, 0.6) is 0 Å². The van der Waals surface area contributed by atoms with E-state index in [2.05, 4.69) is 15.5 Å². The Kier molecular flexibility index (Phi) is 3.89. The lowest BCUT2D eigenvalue weighted by molar-refractivity contribution is 0.0950. The number of rotatable bonds is 4. The van der Waals surface area contributed by atoms with Crippen molar-refractivity contribution in [3.05, 3.63) is 47.3 Å². The third-order valence-electron chi connectivity index (χ3n) is 2.81. The number of hydrogen-bond acceptors (Lipinski definition) is 3. The van der Waals surface area contributed by atoms with Crippen LogP contribution in [0.3, 0.4) is 0 Å². The molecule has 19 heavy (non-hydrogen) atoms. The molecular weight excluding hydrogens is 247 g/mol. The lowest BCUT2D eigenvalue weighted by atomic mass is 10.1. The number of carbonyl (C=O) groups is 1. The minimum atomic E-state index is -0.512. The maximum Gasteiger partial charge on any atom is 0.254 e. The highest BCUT2D eigenvalue weighted by Gasteiger charge is 2.11. The second-order valence-electron chi connectivity index (χ2n) is 4.35. The van der Waals surface area contributed by atoms with Gasteiger partial charge in [0.2, 0.25) is 0 Å². The van der Waals surface area contributed by atoms with Gasteiger partial charge in [0, 0.05) is 20.0 Å². The van der Waals surface area contributed by atoms with Gasteiger partial charge >= 0.3 is 0 Å². The molecule has 0 fully saturated rings. The largest absolute Gasteiger partial charge is 0.351 e. The van der Waals surface area contributed by atoms with Crippen LogP contribution in [0.2, 0.25) is 0 Å². The van der Waals surface area contributed by atoms with Gasteiger partial charge in [-0.2, -0.15) is 0 Å². The molecule has 1 aromatic heterocycles. The maximum absolute atomic E-state index is 13.5. The van der Waals surface area contributed by atoms with Crippen LogP contribution in [-0.2, 0) is 13.5 Å². The summed E-state index contributed by atoms with van der Waals surface area (Å²) in [5.41, 5.74) is 0.915. The fraction of sp³-hybridized carbons (Fsp3) is 0.308. The minimum Gasteiger partial charge on any atom is -0.351 e. The standard InChI is InChI=1S/C13H15FN4O/c1-9-3-4-11(14)10(7-9)13(19)15-6-5-12-17-16-8-18(12)2/h3-4,7-8H,5-6H2,1-2H3,(H,15,19). The zero-order chi connectivity index (χ0) is 13.8. The van der Waals surface area contributed by atoms with Crippen LogP contribution in [-0.4, -0.2) is 27.2 Å². The summed E-state index contributed by atoms with van der Waals surface area (Å²) in [5.74, 6) is -0.157. The van der Waals surface area contributed by atoms with Gasteiger partial charge in [0.05, 0.1) is 5.56 Å². The average Bonchev–Trinajstić information content (AvgIpc) is 2.78. The molecule has 0 spiro atoms. The number of amides is 1. The molecule has 1 amide bonds. The molecule has 0 atom stereocenters. The molecule has 0 aliphatic carbocycles. The topological polar surface area (TPSA) is 59.8 Å². The second kappa shape index (κ2) is 5.60. The monoisotopic (exact) mass is 262 g/mol. The van der Waals surface area contributed by atoms with E-state index in [4.69, 9.17) is 0 Å². The van der Waals surface area contributed by atoms with E-state index in [9.17, 15) is 9.18 Å². The SMILES string of the molecule is Cc1ccc(F)c(C(=O)NCCc2nncn2C)c1.